The Bertz CT molecular complexity index is 669. The zero-order chi connectivity index (χ0) is 19.8. The first-order valence-corrected chi connectivity index (χ1v) is 8.92. The Balaban J connectivity index is 2.15. The molecule has 8 nitrogen and oxygen atoms in total. The number of ether oxygens (including phenoxy) is 2. The first-order chi connectivity index (χ1) is 12.9. The van der Waals surface area contributed by atoms with Crippen LogP contribution in [0.1, 0.15) is 31.2 Å². The smallest absolute Gasteiger partial charge is 0.323 e. The normalized spacial score (nSPS) is 14.4. The molecule has 8 heteroatoms. The summed E-state index contributed by atoms with van der Waals surface area (Å²) in [5.41, 5.74) is 0.683. The van der Waals surface area contributed by atoms with Gasteiger partial charge in [-0.1, -0.05) is 6.42 Å². The molecule has 0 aromatic heterocycles. The van der Waals surface area contributed by atoms with Crippen molar-refractivity contribution in [2.75, 3.05) is 33.9 Å². The molecule has 1 saturated heterocycles. The zero-order valence-corrected chi connectivity index (χ0v) is 15.8. The van der Waals surface area contributed by atoms with Crippen molar-refractivity contribution >= 4 is 17.8 Å². The predicted octanol–water partition coefficient (Wildman–Crippen LogP) is 1.52. The molecule has 1 aromatic carbocycles. The fourth-order valence-electron chi connectivity index (χ4n) is 3.04. The monoisotopic (exact) mass is 378 g/mol. The summed E-state index contributed by atoms with van der Waals surface area (Å²) in [7, 11) is 3.04. The highest BCUT2D eigenvalue weighted by Gasteiger charge is 2.24. The molecule has 0 bridgehead atoms. The number of aliphatic carboxylic acids is 1. The molecule has 1 heterocycles. The van der Waals surface area contributed by atoms with Crippen LogP contribution in [-0.2, 0) is 20.9 Å². The summed E-state index contributed by atoms with van der Waals surface area (Å²) < 4.78 is 10.4. The summed E-state index contributed by atoms with van der Waals surface area (Å²) in [6.07, 6.45) is 3.06. The standard InChI is InChI=1S/C19H26N2O6/c1-26-15-8-14(9-16(10-15)27-2)11-21(13-19(24)25)18(23)12-20-7-5-3-4-6-17(20)22/h8-10H,3-7,11-13H2,1-2H3,(H,24,25). The lowest BCUT2D eigenvalue weighted by molar-refractivity contribution is -0.146. The number of carbonyl (C=O) groups is 3. The molecule has 0 radical (unpaired) electrons. The van der Waals surface area contributed by atoms with Crippen LogP contribution in [0.2, 0.25) is 0 Å². The van der Waals surface area contributed by atoms with Crippen molar-refractivity contribution in [1.82, 2.24) is 9.80 Å². The van der Waals surface area contributed by atoms with Gasteiger partial charge in [0.25, 0.3) is 0 Å². The van der Waals surface area contributed by atoms with Gasteiger partial charge >= 0.3 is 5.97 Å². The lowest BCUT2D eigenvalue weighted by Gasteiger charge is -2.26. The van der Waals surface area contributed by atoms with E-state index in [-0.39, 0.29) is 19.0 Å². The minimum Gasteiger partial charge on any atom is -0.497 e. The van der Waals surface area contributed by atoms with E-state index in [0.717, 1.165) is 19.3 Å². The van der Waals surface area contributed by atoms with Crippen molar-refractivity contribution in [3.8, 4) is 11.5 Å². The quantitative estimate of drug-likeness (QED) is 0.737. The highest BCUT2D eigenvalue weighted by Crippen LogP contribution is 2.23. The molecular formula is C19H26N2O6. The molecule has 0 unspecified atom stereocenters. The molecule has 1 aromatic rings. The van der Waals surface area contributed by atoms with E-state index in [4.69, 9.17) is 9.47 Å². The third-order valence-electron chi connectivity index (χ3n) is 4.46. The first-order valence-electron chi connectivity index (χ1n) is 8.92. The molecule has 2 rings (SSSR count). The number of amides is 2. The molecule has 148 valence electrons. The summed E-state index contributed by atoms with van der Waals surface area (Å²) in [5, 5.41) is 9.19. The molecule has 2 amide bonds. The Morgan fingerprint density at radius 2 is 1.78 bits per heavy atom. The minimum absolute atomic E-state index is 0.0563. The van der Waals surface area contributed by atoms with Gasteiger partial charge in [-0.05, 0) is 30.5 Å². The molecule has 1 aliphatic rings. The maximum atomic E-state index is 12.7. The van der Waals surface area contributed by atoms with Gasteiger partial charge in [0.1, 0.15) is 18.0 Å². The Morgan fingerprint density at radius 3 is 2.37 bits per heavy atom. The average molecular weight is 378 g/mol. The summed E-state index contributed by atoms with van der Waals surface area (Å²) in [5.74, 6) is -0.460. The number of rotatable bonds is 8. The maximum Gasteiger partial charge on any atom is 0.323 e. The number of methoxy groups -OCH3 is 2. The van der Waals surface area contributed by atoms with Crippen LogP contribution >= 0.6 is 0 Å². The average Bonchev–Trinajstić information content (AvgIpc) is 2.84. The second-order valence-electron chi connectivity index (χ2n) is 6.49. The fraction of sp³-hybridized carbons (Fsp3) is 0.526. The van der Waals surface area contributed by atoms with Gasteiger partial charge in [0, 0.05) is 25.6 Å². The molecular weight excluding hydrogens is 352 g/mol. The summed E-state index contributed by atoms with van der Waals surface area (Å²) in [6, 6.07) is 5.15. The van der Waals surface area contributed by atoms with E-state index in [0.29, 0.717) is 30.0 Å². The lowest BCUT2D eigenvalue weighted by Crippen LogP contribution is -2.44. The third kappa shape index (κ3) is 6.16. The summed E-state index contributed by atoms with van der Waals surface area (Å²) >= 11 is 0. The molecule has 0 spiro atoms. The number of carboxylic acid groups (broad SMARTS) is 1. The van der Waals surface area contributed by atoms with Crippen LogP contribution in [0, 0.1) is 0 Å². The number of carbonyl (C=O) groups excluding carboxylic acids is 2. The number of hydrogen-bond donors (Lipinski definition) is 1. The van der Waals surface area contributed by atoms with Crippen LogP contribution in [0.4, 0.5) is 0 Å². The van der Waals surface area contributed by atoms with Gasteiger partial charge in [0.2, 0.25) is 11.8 Å². The van der Waals surface area contributed by atoms with E-state index in [1.807, 2.05) is 0 Å². The van der Waals surface area contributed by atoms with Crippen LogP contribution in [0.25, 0.3) is 0 Å². The fourth-order valence-corrected chi connectivity index (χ4v) is 3.04. The summed E-state index contributed by atoms with van der Waals surface area (Å²) in [4.78, 5) is 38.8. The Kier molecular flexibility index (Phi) is 7.45. The van der Waals surface area contributed by atoms with Crippen LogP contribution < -0.4 is 9.47 Å². The number of nitrogens with zero attached hydrogens (tertiary/aromatic N) is 2. The van der Waals surface area contributed by atoms with Gasteiger partial charge in [-0.25, -0.2) is 0 Å². The Labute approximate surface area is 158 Å². The van der Waals surface area contributed by atoms with Gasteiger partial charge in [0.15, 0.2) is 0 Å². The van der Waals surface area contributed by atoms with Gasteiger partial charge in [-0.15, -0.1) is 0 Å². The van der Waals surface area contributed by atoms with E-state index in [1.54, 1.807) is 18.2 Å². The molecule has 1 N–H and O–H groups in total. The first kappa shape index (κ1) is 20.5. The molecule has 1 aliphatic heterocycles. The van der Waals surface area contributed by atoms with E-state index in [1.165, 1.54) is 24.0 Å². The van der Waals surface area contributed by atoms with Crippen LogP contribution in [0.15, 0.2) is 18.2 Å². The van der Waals surface area contributed by atoms with Gasteiger partial charge in [-0.2, -0.15) is 0 Å². The minimum atomic E-state index is -1.11. The molecule has 0 atom stereocenters. The van der Waals surface area contributed by atoms with E-state index in [2.05, 4.69) is 0 Å². The Morgan fingerprint density at radius 1 is 1.11 bits per heavy atom. The lowest BCUT2D eigenvalue weighted by atomic mass is 10.1. The number of likely N-dealkylation sites (tertiary alicyclic amines) is 1. The van der Waals surface area contributed by atoms with Crippen molar-refractivity contribution in [3.05, 3.63) is 23.8 Å². The van der Waals surface area contributed by atoms with Crippen LogP contribution in [0.5, 0.6) is 11.5 Å². The maximum absolute atomic E-state index is 12.7. The van der Waals surface area contributed by atoms with E-state index < -0.39 is 18.4 Å². The highest BCUT2D eigenvalue weighted by atomic mass is 16.5. The topological polar surface area (TPSA) is 96.4 Å². The molecule has 0 aliphatic carbocycles. The second kappa shape index (κ2) is 9.80. The van der Waals surface area contributed by atoms with Gasteiger partial charge in [0.05, 0.1) is 20.8 Å². The predicted molar refractivity (Wildman–Crippen MR) is 97.6 cm³/mol. The molecule has 27 heavy (non-hydrogen) atoms. The zero-order valence-electron chi connectivity index (χ0n) is 15.8. The third-order valence-corrected chi connectivity index (χ3v) is 4.46. The SMILES string of the molecule is COc1cc(CN(CC(=O)O)C(=O)CN2CCCCCC2=O)cc(OC)c1. The Hall–Kier alpha value is -2.77. The van der Waals surface area contributed by atoms with Gasteiger partial charge < -0.3 is 24.4 Å². The summed E-state index contributed by atoms with van der Waals surface area (Å²) in [6.45, 7) is 0.0623. The molecule has 1 fully saturated rings. The largest absolute Gasteiger partial charge is 0.497 e. The number of benzene rings is 1. The van der Waals surface area contributed by atoms with Gasteiger partial charge in [-0.3, -0.25) is 14.4 Å². The van der Waals surface area contributed by atoms with Crippen LogP contribution in [-0.4, -0.2) is 66.5 Å². The molecule has 0 saturated carbocycles. The highest BCUT2D eigenvalue weighted by molar-refractivity contribution is 5.87. The number of hydrogen-bond acceptors (Lipinski definition) is 5. The van der Waals surface area contributed by atoms with E-state index >= 15 is 0 Å². The van der Waals surface area contributed by atoms with Crippen molar-refractivity contribution in [1.29, 1.82) is 0 Å². The van der Waals surface area contributed by atoms with Crippen molar-refractivity contribution in [2.45, 2.75) is 32.2 Å². The van der Waals surface area contributed by atoms with Crippen LogP contribution in [0.3, 0.4) is 0 Å². The second-order valence-corrected chi connectivity index (χ2v) is 6.49. The van der Waals surface area contributed by atoms with Crippen molar-refractivity contribution in [2.24, 2.45) is 0 Å². The van der Waals surface area contributed by atoms with Crippen molar-refractivity contribution in [3.63, 3.8) is 0 Å². The number of carboxylic acids is 1. The van der Waals surface area contributed by atoms with Crippen molar-refractivity contribution < 1.29 is 29.0 Å². The van der Waals surface area contributed by atoms with E-state index in [9.17, 15) is 19.5 Å².